The van der Waals surface area contributed by atoms with Gasteiger partial charge in [0.05, 0.1) is 0 Å². The Morgan fingerprint density at radius 2 is 1.89 bits per heavy atom. The minimum atomic E-state index is 0.718. The molecule has 3 unspecified atom stereocenters. The molecule has 3 atom stereocenters. The summed E-state index contributed by atoms with van der Waals surface area (Å²) in [6.45, 7) is 3.44. The molecule has 0 saturated heterocycles. The van der Waals surface area contributed by atoms with Crippen LogP contribution in [0.25, 0.3) is 0 Å². The molecule has 19 heavy (non-hydrogen) atoms. The lowest BCUT2D eigenvalue weighted by Crippen LogP contribution is -2.35. The molecule has 2 fully saturated rings. The van der Waals surface area contributed by atoms with Crippen molar-refractivity contribution in [1.82, 2.24) is 5.32 Å². The largest absolute Gasteiger partial charge is 0.313 e. The van der Waals surface area contributed by atoms with Gasteiger partial charge in [-0.15, -0.1) is 0 Å². The summed E-state index contributed by atoms with van der Waals surface area (Å²) >= 11 is 2.38. The summed E-state index contributed by atoms with van der Waals surface area (Å²) in [5.74, 6) is 3.08. The second kappa shape index (κ2) is 6.13. The Morgan fingerprint density at radius 3 is 2.53 bits per heavy atom. The highest BCUT2D eigenvalue weighted by atomic mass is 127. The number of hydrogen-bond acceptors (Lipinski definition) is 1. The van der Waals surface area contributed by atoms with E-state index in [1.165, 1.54) is 47.8 Å². The van der Waals surface area contributed by atoms with Crippen molar-refractivity contribution in [1.29, 1.82) is 0 Å². The standard InChI is InChI=1S/C17H24IN/c1-2-10-19-16(17-14-4-3-5-15(14)17)11-12-6-8-13(18)9-7-12/h6-9,14-17,19H,2-5,10-11H2,1H3. The lowest BCUT2D eigenvalue weighted by atomic mass is 9.97. The predicted molar refractivity (Wildman–Crippen MR) is 89.3 cm³/mol. The molecule has 0 heterocycles. The van der Waals surface area contributed by atoms with Crippen LogP contribution in [0.4, 0.5) is 0 Å². The molecule has 0 aromatic heterocycles. The van der Waals surface area contributed by atoms with Gasteiger partial charge in [0.2, 0.25) is 0 Å². The molecule has 0 amide bonds. The fraction of sp³-hybridized carbons (Fsp3) is 0.647. The van der Waals surface area contributed by atoms with Crippen LogP contribution in [0.3, 0.4) is 0 Å². The van der Waals surface area contributed by atoms with Gasteiger partial charge in [0, 0.05) is 9.61 Å². The molecule has 3 rings (SSSR count). The molecular weight excluding hydrogens is 345 g/mol. The molecule has 2 saturated carbocycles. The maximum atomic E-state index is 3.82. The highest BCUT2D eigenvalue weighted by molar-refractivity contribution is 14.1. The topological polar surface area (TPSA) is 12.0 Å². The molecule has 0 spiro atoms. The average molecular weight is 369 g/mol. The molecule has 1 N–H and O–H groups in total. The predicted octanol–water partition coefficient (Wildman–Crippen LogP) is 4.25. The zero-order valence-electron chi connectivity index (χ0n) is 11.7. The van der Waals surface area contributed by atoms with Crippen molar-refractivity contribution in [2.24, 2.45) is 17.8 Å². The minimum absolute atomic E-state index is 0.718. The molecule has 0 radical (unpaired) electrons. The monoisotopic (exact) mass is 369 g/mol. The van der Waals surface area contributed by atoms with Gasteiger partial charge in [-0.2, -0.15) is 0 Å². The third kappa shape index (κ3) is 3.15. The Balaban J connectivity index is 1.64. The van der Waals surface area contributed by atoms with Crippen molar-refractivity contribution in [2.45, 2.75) is 45.1 Å². The molecule has 1 aromatic carbocycles. The third-order valence-corrected chi connectivity index (χ3v) is 5.68. The Labute approximate surface area is 130 Å². The van der Waals surface area contributed by atoms with Crippen LogP contribution in [0, 0.1) is 21.3 Å². The van der Waals surface area contributed by atoms with E-state index in [0.717, 1.165) is 23.8 Å². The second-order valence-corrected chi connectivity index (χ2v) is 7.47. The third-order valence-electron chi connectivity index (χ3n) is 4.96. The van der Waals surface area contributed by atoms with E-state index in [1.807, 2.05) is 0 Å². The van der Waals surface area contributed by atoms with E-state index < -0.39 is 0 Å². The molecular formula is C17H24IN. The van der Waals surface area contributed by atoms with Crippen LogP contribution in [0.15, 0.2) is 24.3 Å². The number of hydrogen-bond donors (Lipinski definition) is 1. The van der Waals surface area contributed by atoms with Crippen LogP contribution in [0.5, 0.6) is 0 Å². The Kier molecular flexibility index (Phi) is 4.47. The van der Waals surface area contributed by atoms with Crippen molar-refractivity contribution in [3.8, 4) is 0 Å². The van der Waals surface area contributed by atoms with Crippen molar-refractivity contribution < 1.29 is 0 Å². The number of benzene rings is 1. The molecule has 2 aliphatic rings. The van der Waals surface area contributed by atoms with Crippen molar-refractivity contribution >= 4 is 22.6 Å². The van der Waals surface area contributed by atoms with Gasteiger partial charge in [0.1, 0.15) is 0 Å². The highest BCUT2D eigenvalue weighted by Gasteiger charge is 2.55. The maximum Gasteiger partial charge on any atom is 0.0141 e. The van der Waals surface area contributed by atoms with Gasteiger partial charge >= 0.3 is 0 Å². The summed E-state index contributed by atoms with van der Waals surface area (Å²) < 4.78 is 1.34. The molecule has 0 bridgehead atoms. The first kappa shape index (κ1) is 13.9. The summed E-state index contributed by atoms with van der Waals surface area (Å²) in [5.41, 5.74) is 1.50. The van der Waals surface area contributed by atoms with Gasteiger partial charge in [0.25, 0.3) is 0 Å². The first-order chi connectivity index (χ1) is 9.29. The second-order valence-electron chi connectivity index (χ2n) is 6.23. The van der Waals surface area contributed by atoms with Crippen LogP contribution >= 0.6 is 22.6 Å². The molecule has 1 aromatic rings. The number of nitrogens with one attached hydrogen (secondary N) is 1. The molecule has 2 heteroatoms. The van der Waals surface area contributed by atoms with Crippen LogP contribution in [-0.4, -0.2) is 12.6 Å². The molecule has 2 aliphatic carbocycles. The first-order valence-corrected chi connectivity index (χ1v) is 8.85. The molecule has 0 aliphatic heterocycles. The van der Waals surface area contributed by atoms with E-state index >= 15 is 0 Å². The van der Waals surface area contributed by atoms with Gasteiger partial charge in [-0.25, -0.2) is 0 Å². The maximum absolute atomic E-state index is 3.82. The SMILES string of the molecule is CCCNC(Cc1ccc(I)cc1)C1C2CCCC21. The van der Waals surface area contributed by atoms with Crippen molar-refractivity contribution in [3.63, 3.8) is 0 Å². The van der Waals surface area contributed by atoms with Gasteiger partial charge in [-0.3, -0.25) is 0 Å². The van der Waals surface area contributed by atoms with Crippen LogP contribution in [0.1, 0.15) is 38.2 Å². The van der Waals surface area contributed by atoms with Crippen molar-refractivity contribution in [2.75, 3.05) is 6.54 Å². The van der Waals surface area contributed by atoms with Crippen LogP contribution < -0.4 is 5.32 Å². The zero-order valence-corrected chi connectivity index (χ0v) is 13.9. The van der Waals surface area contributed by atoms with Gasteiger partial charge in [0.15, 0.2) is 0 Å². The van der Waals surface area contributed by atoms with Crippen molar-refractivity contribution in [3.05, 3.63) is 33.4 Å². The number of halogens is 1. The molecule has 1 nitrogen and oxygen atoms in total. The van der Waals surface area contributed by atoms with Gasteiger partial charge < -0.3 is 5.32 Å². The van der Waals surface area contributed by atoms with Crippen LogP contribution in [-0.2, 0) is 6.42 Å². The first-order valence-electron chi connectivity index (χ1n) is 7.77. The van der Waals surface area contributed by atoms with E-state index in [-0.39, 0.29) is 0 Å². The van der Waals surface area contributed by atoms with E-state index in [0.29, 0.717) is 0 Å². The Morgan fingerprint density at radius 1 is 1.21 bits per heavy atom. The number of fused-ring (bicyclic) bond motifs is 1. The van der Waals surface area contributed by atoms with E-state index in [9.17, 15) is 0 Å². The lowest BCUT2D eigenvalue weighted by molar-refractivity contribution is 0.403. The molecule has 104 valence electrons. The van der Waals surface area contributed by atoms with Gasteiger partial charge in [-0.05, 0) is 90.3 Å². The summed E-state index contributed by atoms with van der Waals surface area (Å²) in [6, 6.07) is 9.80. The number of rotatable bonds is 6. The summed E-state index contributed by atoms with van der Waals surface area (Å²) in [7, 11) is 0. The van der Waals surface area contributed by atoms with Crippen LogP contribution in [0.2, 0.25) is 0 Å². The minimum Gasteiger partial charge on any atom is -0.313 e. The zero-order chi connectivity index (χ0) is 13.2. The summed E-state index contributed by atoms with van der Waals surface area (Å²) in [5, 5.41) is 3.82. The van der Waals surface area contributed by atoms with E-state index in [1.54, 1.807) is 0 Å². The fourth-order valence-electron chi connectivity index (χ4n) is 4.02. The average Bonchev–Trinajstić information content (AvgIpc) is 2.90. The summed E-state index contributed by atoms with van der Waals surface area (Å²) in [4.78, 5) is 0. The normalized spacial score (nSPS) is 30.1. The van der Waals surface area contributed by atoms with Gasteiger partial charge in [-0.1, -0.05) is 25.5 Å². The van der Waals surface area contributed by atoms with E-state index in [2.05, 4.69) is 59.1 Å². The summed E-state index contributed by atoms with van der Waals surface area (Å²) in [6.07, 6.45) is 6.92. The highest BCUT2D eigenvalue weighted by Crippen LogP contribution is 2.59. The lowest BCUT2D eigenvalue weighted by Gasteiger charge is -2.20. The quantitative estimate of drug-likeness (QED) is 0.740. The smallest absolute Gasteiger partial charge is 0.0141 e. The Hall–Kier alpha value is -0.0900. The fourth-order valence-corrected chi connectivity index (χ4v) is 4.38. The Bertz CT molecular complexity index is 404. The van der Waals surface area contributed by atoms with E-state index in [4.69, 9.17) is 0 Å².